The van der Waals surface area contributed by atoms with Gasteiger partial charge < -0.3 is 5.32 Å². The maximum absolute atomic E-state index is 14.0. The van der Waals surface area contributed by atoms with Gasteiger partial charge in [-0.25, -0.2) is 13.5 Å². The first-order chi connectivity index (χ1) is 12.0. The third kappa shape index (κ3) is 3.39. The van der Waals surface area contributed by atoms with Crippen LogP contribution in [0, 0.1) is 11.6 Å². The molecule has 0 aliphatic carbocycles. The van der Waals surface area contributed by atoms with Crippen LogP contribution >= 0.6 is 11.6 Å². The van der Waals surface area contributed by atoms with Crippen LogP contribution in [0.1, 0.15) is 23.0 Å². The van der Waals surface area contributed by atoms with Gasteiger partial charge >= 0.3 is 0 Å². The summed E-state index contributed by atoms with van der Waals surface area (Å²) >= 11 is 5.73. The number of carbonyl (C=O) groups is 1. The predicted molar refractivity (Wildman–Crippen MR) is 92.3 cm³/mol. The van der Waals surface area contributed by atoms with Crippen LogP contribution in [0.15, 0.2) is 48.7 Å². The van der Waals surface area contributed by atoms with Crippen LogP contribution < -0.4 is 5.32 Å². The van der Waals surface area contributed by atoms with Crippen LogP contribution in [-0.2, 0) is 6.42 Å². The zero-order valence-corrected chi connectivity index (χ0v) is 14.0. The van der Waals surface area contributed by atoms with Crippen molar-refractivity contribution in [2.75, 3.05) is 5.32 Å². The van der Waals surface area contributed by atoms with Gasteiger partial charge in [0.1, 0.15) is 5.82 Å². The Kier molecular flexibility index (Phi) is 4.81. The number of hydrogen-bond donors (Lipinski definition) is 1. The Hall–Kier alpha value is -2.73. The molecule has 2 aromatic carbocycles. The number of nitrogens with one attached hydrogen (secondary N) is 1. The van der Waals surface area contributed by atoms with Crippen molar-refractivity contribution in [1.82, 2.24) is 9.78 Å². The fourth-order valence-electron chi connectivity index (χ4n) is 2.50. The number of aromatic nitrogens is 2. The lowest BCUT2D eigenvalue weighted by atomic mass is 10.1. The van der Waals surface area contributed by atoms with E-state index in [1.54, 1.807) is 22.9 Å². The van der Waals surface area contributed by atoms with Gasteiger partial charge in [0.25, 0.3) is 5.91 Å². The summed E-state index contributed by atoms with van der Waals surface area (Å²) < 4.78 is 28.6. The lowest BCUT2D eigenvalue weighted by molar-refractivity contribution is 0.102. The molecule has 0 unspecified atom stereocenters. The molecule has 1 aromatic heterocycles. The lowest BCUT2D eigenvalue weighted by Gasteiger charge is -2.09. The van der Waals surface area contributed by atoms with E-state index in [-0.39, 0.29) is 16.5 Å². The van der Waals surface area contributed by atoms with E-state index < -0.39 is 11.7 Å². The standard InChI is InChI=1S/C18H14ClF2N3O/c1-2-16-13(10-22-24(16)12-8-6-11(20)7-9-12)18(25)23-15-5-3-4-14(19)17(15)21/h3-10H,2H2,1H3,(H,23,25). The largest absolute Gasteiger partial charge is 0.319 e. The van der Waals surface area contributed by atoms with Crippen LogP contribution in [0.4, 0.5) is 14.5 Å². The number of nitrogens with zero attached hydrogens (tertiary/aromatic N) is 2. The molecule has 4 nitrogen and oxygen atoms in total. The van der Waals surface area contributed by atoms with Gasteiger partial charge in [-0.15, -0.1) is 0 Å². The highest BCUT2D eigenvalue weighted by atomic mass is 35.5. The molecule has 0 bridgehead atoms. The minimum Gasteiger partial charge on any atom is -0.319 e. The van der Waals surface area contributed by atoms with Crippen molar-refractivity contribution in [3.05, 3.63) is 76.6 Å². The first kappa shape index (κ1) is 17.1. The third-order valence-corrected chi connectivity index (χ3v) is 4.01. The smallest absolute Gasteiger partial charge is 0.259 e. The molecule has 128 valence electrons. The molecule has 1 heterocycles. The number of anilines is 1. The average Bonchev–Trinajstić information content (AvgIpc) is 3.03. The van der Waals surface area contributed by atoms with E-state index >= 15 is 0 Å². The van der Waals surface area contributed by atoms with E-state index in [4.69, 9.17) is 11.6 Å². The van der Waals surface area contributed by atoms with Crippen molar-refractivity contribution in [2.24, 2.45) is 0 Å². The summed E-state index contributed by atoms with van der Waals surface area (Å²) in [7, 11) is 0. The van der Waals surface area contributed by atoms with E-state index in [1.807, 2.05) is 6.92 Å². The van der Waals surface area contributed by atoms with E-state index in [2.05, 4.69) is 10.4 Å². The summed E-state index contributed by atoms with van der Waals surface area (Å²) in [5.41, 5.74) is 1.57. The van der Waals surface area contributed by atoms with Crippen molar-refractivity contribution in [3.8, 4) is 5.69 Å². The number of hydrogen-bond acceptors (Lipinski definition) is 2. The quantitative estimate of drug-likeness (QED) is 0.737. The first-order valence-electron chi connectivity index (χ1n) is 7.59. The molecule has 3 rings (SSSR count). The number of benzene rings is 2. The highest BCUT2D eigenvalue weighted by molar-refractivity contribution is 6.31. The van der Waals surface area contributed by atoms with Gasteiger partial charge in [-0.2, -0.15) is 5.10 Å². The summed E-state index contributed by atoms with van der Waals surface area (Å²) in [6.07, 6.45) is 1.91. The molecule has 3 aromatic rings. The third-order valence-electron chi connectivity index (χ3n) is 3.72. The molecule has 0 radical (unpaired) electrons. The van der Waals surface area contributed by atoms with Crippen LogP contribution in [-0.4, -0.2) is 15.7 Å². The van der Waals surface area contributed by atoms with Crippen molar-refractivity contribution >= 4 is 23.2 Å². The molecule has 25 heavy (non-hydrogen) atoms. The molecule has 0 saturated carbocycles. The summed E-state index contributed by atoms with van der Waals surface area (Å²) in [5, 5.41) is 6.63. The van der Waals surface area contributed by atoms with Crippen molar-refractivity contribution in [1.29, 1.82) is 0 Å². The van der Waals surface area contributed by atoms with E-state index in [1.165, 1.54) is 30.5 Å². The molecule has 0 atom stereocenters. The molecule has 1 N–H and O–H groups in total. The van der Waals surface area contributed by atoms with Gasteiger partial charge in [-0.05, 0) is 42.8 Å². The average molecular weight is 362 g/mol. The number of carbonyl (C=O) groups excluding carboxylic acids is 1. The Balaban J connectivity index is 1.93. The number of amides is 1. The van der Waals surface area contributed by atoms with Gasteiger partial charge in [-0.1, -0.05) is 24.6 Å². The Bertz CT molecular complexity index is 923. The molecular weight excluding hydrogens is 348 g/mol. The minimum atomic E-state index is -0.693. The Morgan fingerprint density at radius 2 is 1.92 bits per heavy atom. The predicted octanol–water partition coefficient (Wildman–Crippen LogP) is 4.62. The molecule has 7 heteroatoms. The Labute approximate surface area is 148 Å². The summed E-state index contributed by atoms with van der Waals surface area (Å²) in [6.45, 7) is 1.87. The highest BCUT2D eigenvalue weighted by Crippen LogP contribution is 2.23. The summed E-state index contributed by atoms with van der Waals surface area (Å²) in [5.74, 6) is -1.55. The fraction of sp³-hybridized carbons (Fsp3) is 0.111. The SMILES string of the molecule is CCc1c(C(=O)Nc2cccc(Cl)c2F)cnn1-c1ccc(F)cc1. The van der Waals surface area contributed by atoms with Crippen LogP contribution in [0.5, 0.6) is 0 Å². The van der Waals surface area contributed by atoms with Crippen LogP contribution in [0.2, 0.25) is 5.02 Å². The fourth-order valence-corrected chi connectivity index (χ4v) is 2.67. The molecule has 0 spiro atoms. The van der Waals surface area contributed by atoms with E-state index in [0.717, 1.165) is 0 Å². The van der Waals surface area contributed by atoms with Crippen molar-refractivity contribution < 1.29 is 13.6 Å². The second-order valence-corrected chi connectivity index (χ2v) is 5.71. The zero-order valence-electron chi connectivity index (χ0n) is 13.3. The normalized spacial score (nSPS) is 10.7. The summed E-state index contributed by atoms with van der Waals surface area (Å²) in [6, 6.07) is 10.1. The van der Waals surface area contributed by atoms with Gasteiger partial charge in [0.05, 0.1) is 33.9 Å². The number of rotatable bonds is 4. The van der Waals surface area contributed by atoms with E-state index in [9.17, 15) is 13.6 Å². The number of halogens is 3. The minimum absolute atomic E-state index is 0.00548. The first-order valence-corrected chi connectivity index (χ1v) is 7.97. The molecule has 0 saturated heterocycles. The molecule has 0 aliphatic rings. The van der Waals surface area contributed by atoms with Crippen molar-refractivity contribution in [2.45, 2.75) is 13.3 Å². The topological polar surface area (TPSA) is 46.9 Å². The molecule has 0 aliphatic heterocycles. The monoisotopic (exact) mass is 361 g/mol. The molecular formula is C18H14ClF2N3O. The highest BCUT2D eigenvalue weighted by Gasteiger charge is 2.19. The van der Waals surface area contributed by atoms with Crippen LogP contribution in [0.3, 0.4) is 0 Å². The van der Waals surface area contributed by atoms with E-state index in [0.29, 0.717) is 23.4 Å². The Morgan fingerprint density at radius 1 is 1.20 bits per heavy atom. The molecule has 0 fully saturated rings. The second kappa shape index (κ2) is 7.03. The Morgan fingerprint density at radius 3 is 2.60 bits per heavy atom. The maximum atomic E-state index is 14.0. The lowest BCUT2D eigenvalue weighted by Crippen LogP contribution is -2.15. The van der Waals surface area contributed by atoms with Crippen molar-refractivity contribution in [3.63, 3.8) is 0 Å². The van der Waals surface area contributed by atoms with Gasteiger partial charge in [0.15, 0.2) is 5.82 Å². The molecule has 1 amide bonds. The second-order valence-electron chi connectivity index (χ2n) is 5.30. The van der Waals surface area contributed by atoms with Gasteiger partial charge in [0, 0.05) is 0 Å². The maximum Gasteiger partial charge on any atom is 0.259 e. The van der Waals surface area contributed by atoms with Crippen LogP contribution in [0.25, 0.3) is 5.69 Å². The van der Waals surface area contributed by atoms with Gasteiger partial charge in [-0.3, -0.25) is 4.79 Å². The van der Waals surface area contributed by atoms with Gasteiger partial charge in [0.2, 0.25) is 0 Å². The summed E-state index contributed by atoms with van der Waals surface area (Å²) in [4.78, 5) is 12.5. The zero-order chi connectivity index (χ0) is 18.0.